The van der Waals surface area contributed by atoms with Gasteiger partial charge in [-0.1, -0.05) is 72.8 Å². The summed E-state index contributed by atoms with van der Waals surface area (Å²) in [6.45, 7) is 1.74. The van der Waals surface area contributed by atoms with E-state index in [4.69, 9.17) is 4.74 Å². The van der Waals surface area contributed by atoms with Gasteiger partial charge in [-0.15, -0.1) is 0 Å². The highest BCUT2D eigenvalue weighted by molar-refractivity contribution is 5.77. The van der Waals surface area contributed by atoms with Crippen LogP contribution >= 0.6 is 0 Å². The quantitative estimate of drug-likeness (QED) is 0.474. The van der Waals surface area contributed by atoms with Crippen LogP contribution in [0.1, 0.15) is 29.0 Å². The summed E-state index contributed by atoms with van der Waals surface area (Å²) < 4.78 is 5.17. The Morgan fingerprint density at radius 3 is 2.00 bits per heavy atom. The summed E-state index contributed by atoms with van der Waals surface area (Å²) in [6, 6.07) is 29.0. The van der Waals surface area contributed by atoms with Gasteiger partial charge in [-0.05, 0) is 48.2 Å². The molecule has 0 fully saturated rings. The normalized spacial score (nSPS) is 10.7. The number of methoxy groups -OCH3 is 1. The van der Waals surface area contributed by atoms with Crippen molar-refractivity contribution < 1.29 is 9.53 Å². The lowest BCUT2D eigenvalue weighted by Crippen LogP contribution is -2.35. The molecule has 2 N–H and O–H groups in total. The van der Waals surface area contributed by atoms with Gasteiger partial charge in [-0.2, -0.15) is 0 Å². The van der Waals surface area contributed by atoms with Gasteiger partial charge in [0.2, 0.25) is 5.91 Å². The summed E-state index contributed by atoms with van der Waals surface area (Å²) in [4.78, 5) is 12.2. The first-order valence-corrected chi connectivity index (χ1v) is 10.5. The molecule has 0 atom stereocenters. The number of rotatable bonds is 11. The van der Waals surface area contributed by atoms with Gasteiger partial charge in [0.1, 0.15) is 5.75 Å². The molecule has 0 radical (unpaired) electrons. The molecule has 0 aliphatic carbocycles. The van der Waals surface area contributed by atoms with E-state index in [1.165, 1.54) is 16.7 Å². The number of carbonyl (C=O) groups is 1. The predicted octanol–water partition coefficient (Wildman–Crippen LogP) is 4.17. The van der Waals surface area contributed by atoms with Crippen LogP contribution in [0, 0.1) is 0 Å². The SMILES string of the molecule is COc1ccc(CCNCC(=O)NCCC(c2ccccc2)c2ccccc2)cc1. The first-order chi connectivity index (χ1) is 14.8. The predicted molar refractivity (Wildman–Crippen MR) is 122 cm³/mol. The Kier molecular flexibility index (Phi) is 8.48. The fourth-order valence-electron chi connectivity index (χ4n) is 3.54. The zero-order chi connectivity index (χ0) is 21.0. The molecule has 0 saturated heterocycles. The maximum atomic E-state index is 12.2. The van der Waals surface area contributed by atoms with Gasteiger partial charge >= 0.3 is 0 Å². The Bertz CT molecular complexity index is 840. The molecular weight excluding hydrogens is 372 g/mol. The summed E-state index contributed by atoms with van der Waals surface area (Å²) in [7, 11) is 1.66. The molecule has 156 valence electrons. The smallest absolute Gasteiger partial charge is 0.233 e. The van der Waals surface area contributed by atoms with Gasteiger partial charge in [0, 0.05) is 12.5 Å². The minimum Gasteiger partial charge on any atom is -0.497 e. The molecule has 0 aliphatic rings. The minimum atomic E-state index is 0.0320. The van der Waals surface area contributed by atoms with Crippen molar-refractivity contribution in [1.82, 2.24) is 10.6 Å². The van der Waals surface area contributed by atoms with E-state index in [-0.39, 0.29) is 11.8 Å². The number of benzene rings is 3. The Labute approximate surface area is 179 Å². The van der Waals surface area contributed by atoms with Crippen molar-refractivity contribution in [3.63, 3.8) is 0 Å². The average Bonchev–Trinajstić information content (AvgIpc) is 2.81. The first-order valence-electron chi connectivity index (χ1n) is 10.5. The zero-order valence-corrected chi connectivity index (χ0v) is 17.5. The third-order valence-corrected chi connectivity index (χ3v) is 5.19. The molecule has 0 spiro atoms. The monoisotopic (exact) mass is 402 g/mol. The van der Waals surface area contributed by atoms with Gasteiger partial charge in [0.05, 0.1) is 13.7 Å². The van der Waals surface area contributed by atoms with Gasteiger partial charge in [-0.25, -0.2) is 0 Å². The van der Waals surface area contributed by atoms with Crippen LogP contribution in [-0.2, 0) is 11.2 Å². The van der Waals surface area contributed by atoms with Gasteiger partial charge in [-0.3, -0.25) is 4.79 Å². The van der Waals surface area contributed by atoms with Crippen LogP contribution in [0.4, 0.5) is 0 Å². The summed E-state index contributed by atoms with van der Waals surface area (Å²) >= 11 is 0. The van der Waals surface area contributed by atoms with Crippen molar-refractivity contribution in [2.24, 2.45) is 0 Å². The summed E-state index contributed by atoms with van der Waals surface area (Å²) in [5.41, 5.74) is 3.77. The zero-order valence-electron chi connectivity index (χ0n) is 17.5. The second-order valence-corrected chi connectivity index (χ2v) is 7.29. The van der Waals surface area contributed by atoms with Crippen molar-refractivity contribution in [3.8, 4) is 5.75 Å². The number of hydrogen-bond acceptors (Lipinski definition) is 3. The summed E-state index contributed by atoms with van der Waals surface area (Å²) in [5.74, 6) is 1.16. The first kappa shape index (κ1) is 21.6. The molecule has 3 rings (SSSR count). The maximum Gasteiger partial charge on any atom is 0.233 e. The molecule has 4 heteroatoms. The van der Waals surface area contributed by atoms with Crippen LogP contribution in [0.15, 0.2) is 84.9 Å². The van der Waals surface area contributed by atoms with E-state index >= 15 is 0 Å². The fourth-order valence-corrected chi connectivity index (χ4v) is 3.54. The van der Waals surface area contributed by atoms with E-state index < -0.39 is 0 Å². The van der Waals surface area contributed by atoms with Crippen LogP contribution in [-0.4, -0.2) is 32.7 Å². The van der Waals surface area contributed by atoms with Gasteiger partial charge < -0.3 is 15.4 Å². The van der Waals surface area contributed by atoms with Crippen LogP contribution in [0.2, 0.25) is 0 Å². The Balaban J connectivity index is 1.41. The van der Waals surface area contributed by atoms with E-state index in [1.807, 2.05) is 36.4 Å². The average molecular weight is 403 g/mol. The van der Waals surface area contributed by atoms with E-state index in [2.05, 4.69) is 59.2 Å². The third kappa shape index (κ3) is 6.75. The molecule has 0 aliphatic heterocycles. The fraction of sp³-hybridized carbons (Fsp3) is 0.269. The van der Waals surface area contributed by atoms with Gasteiger partial charge in [0.25, 0.3) is 0 Å². The highest BCUT2D eigenvalue weighted by Gasteiger charge is 2.14. The van der Waals surface area contributed by atoms with E-state index in [0.717, 1.165) is 25.1 Å². The molecule has 0 aromatic heterocycles. The van der Waals surface area contributed by atoms with Crippen molar-refractivity contribution in [3.05, 3.63) is 102 Å². The molecule has 0 unspecified atom stereocenters. The summed E-state index contributed by atoms with van der Waals surface area (Å²) in [6.07, 6.45) is 1.74. The van der Waals surface area contributed by atoms with Crippen LogP contribution < -0.4 is 15.4 Å². The van der Waals surface area contributed by atoms with E-state index in [9.17, 15) is 4.79 Å². The summed E-state index contributed by atoms with van der Waals surface area (Å²) in [5, 5.41) is 6.27. The van der Waals surface area contributed by atoms with Crippen molar-refractivity contribution in [2.45, 2.75) is 18.8 Å². The highest BCUT2D eigenvalue weighted by atomic mass is 16.5. The molecule has 4 nitrogen and oxygen atoms in total. The molecule has 30 heavy (non-hydrogen) atoms. The Morgan fingerprint density at radius 2 is 1.43 bits per heavy atom. The Hall–Kier alpha value is -3.11. The van der Waals surface area contributed by atoms with E-state index in [0.29, 0.717) is 13.1 Å². The Morgan fingerprint density at radius 1 is 0.833 bits per heavy atom. The molecular formula is C26H30N2O2. The molecule has 0 bridgehead atoms. The minimum absolute atomic E-state index is 0.0320. The lowest BCUT2D eigenvalue weighted by molar-refractivity contribution is -0.120. The standard InChI is InChI=1S/C26H30N2O2/c1-30-24-14-12-21(13-15-24)16-18-27-20-26(29)28-19-17-25(22-8-4-2-5-9-22)23-10-6-3-7-11-23/h2-15,25,27H,16-20H2,1H3,(H,28,29). The second-order valence-electron chi connectivity index (χ2n) is 7.29. The van der Waals surface area contributed by atoms with E-state index in [1.54, 1.807) is 7.11 Å². The third-order valence-electron chi connectivity index (χ3n) is 5.19. The molecule has 0 heterocycles. The van der Waals surface area contributed by atoms with Gasteiger partial charge in [0.15, 0.2) is 0 Å². The van der Waals surface area contributed by atoms with Crippen molar-refractivity contribution in [2.75, 3.05) is 26.7 Å². The number of amides is 1. The number of hydrogen-bond donors (Lipinski definition) is 2. The molecule has 3 aromatic rings. The molecule has 0 saturated carbocycles. The van der Waals surface area contributed by atoms with Crippen LogP contribution in [0.5, 0.6) is 5.75 Å². The maximum absolute atomic E-state index is 12.2. The van der Waals surface area contributed by atoms with Crippen molar-refractivity contribution >= 4 is 5.91 Å². The van der Waals surface area contributed by atoms with Crippen LogP contribution in [0.25, 0.3) is 0 Å². The highest BCUT2D eigenvalue weighted by Crippen LogP contribution is 2.27. The number of nitrogens with one attached hydrogen (secondary N) is 2. The lowest BCUT2D eigenvalue weighted by atomic mass is 9.88. The second kappa shape index (κ2) is 11.8. The largest absolute Gasteiger partial charge is 0.497 e. The topological polar surface area (TPSA) is 50.4 Å². The van der Waals surface area contributed by atoms with Crippen LogP contribution in [0.3, 0.4) is 0 Å². The number of carbonyl (C=O) groups excluding carboxylic acids is 1. The number of ether oxygens (including phenoxy) is 1. The molecule has 1 amide bonds. The lowest BCUT2D eigenvalue weighted by Gasteiger charge is -2.18. The van der Waals surface area contributed by atoms with Crippen molar-refractivity contribution in [1.29, 1.82) is 0 Å². The molecule has 3 aromatic carbocycles.